The molecular weight excluding hydrogens is 277 g/mol. The third-order valence-corrected chi connectivity index (χ3v) is 4.52. The second-order valence-electron chi connectivity index (χ2n) is 4.83. The number of nitrogens with one attached hydrogen (secondary N) is 1. The predicted octanol–water partition coefficient (Wildman–Crippen LogP) is 3.55. The molecule has 0 spiro atoms. The Kier molecular flexibility index (Phi) is 3.81. The molecule has 0 aliphatic carbocycles. The van der Waals surface area contributed by atoms with Crippen LogP contribution in [0.2, 0.25) is 0 Å². The number of aryl methyl sites for hydroxylation is 3. The monoisotopic (exact) mass is 293 g/mol. The minimum absolute atomic E-state index is 0.0387. The summed E-state index contributed by atoms with van der Waals surface area (Å²) in [6, 6.07) is 9.12. The molecule has 2 rings (SSSR count). The lowest BCUT2D eigenvalue weighted by Crippen LogP contribution is -2.14. The van der Waals surface area contributed by atoms with Crippen LogP contribution in [0.25, 0.3) is 0 Å². The number of benzene rings is 2. The van der Waals surface area contributed by atoms with E-state index in [2.05, 4.69) is 4.72 Å². The SMILES string of the molecule is Cc1ccc(F)c(NS(=O)(=O)c2ccc(C)c(C)c2)c1. The molecule has 0 aliphatic heterocycles. The minimum Gasteiger partial charge on any atom is -0.277 e. The van der Waals surface area contributed by atoms with E-state index in [1.54, 1.807) is 25.1 Å². The molecule has 0 radical (unpaired) electrons. The number of anilines is 1. The van der Waals surface area contributed by atoms with Crippen molar-refractivity contribution in [1.82, 2.24) is 0 Å². The topological polar surface area (TPSA) is 46.2 Å². The average molecular weight is 293 g/mol. The van der Waals surface area contributed by atoms with Crippen molar-refractivity contribution in [3.8, 4) is 0 Å². The molecular formula is C15H16FNO2S. The van der Waals surface area contributed by atoms with Crippen LogP contribution in [0.5, 0.6) is 0 Å². The number of hydrogen-bond donors (Lipinski definition) is 1. The van der Waals surface area contributed by atoms with E-state index < -0.39 is 15.8 Å². The Hall–Kier alpha value is -1.88. The van der Waals surface area contributed by atoms with Gasteiger partial charge in [-0.25, -0.2) is 12.8 Å². The van der Waals surface area contributed by atoms with E-state index >= 15 is 0 Å². The second-order valence-corrected chi connectivity index (χ2v) is 6.52. The normalized spacial score (nSPS) is 11.4. The van der Waals surface area contributed by atoms with Crippen molar-refractivity contribution in [2.45, 2.75) is 25.7 Å². The number of rotatable bonds is 3. The first-order chi connectivity index (χ1) is 9.29. The van der Waals surface area contributed by atoms with Crippen LogP contribution >= 0.6 is 0 Å². The van der Waals surface area contributed by atoms with Gasteiger partial charge in [0.1, 0.15) is 5.82 Å². The summed E-state index contributed by atoms with van der Waals surface area (Å²) in [6.07, 6.45) is 0. The fourth-order valence-electron chi connectivity index (χ4n) is 1.80. The lowest BCUT2D eigenvalue weighted by atomic mass is 10.1. The van der Waals surface area contributed by atoms with Crippen molar-refractivity contribution in [3.05, 3.63) is 58.9 Å². The van der Waals surface area contributed by atoms with Gasteiger partial charge in [-0.1, -0.05) is 12.1 Å². The Balaban J connectivity index is 2.40. The number of sulfonamides is 1. The average Bonchev–Trinajstić information content (AvgIpc) is 2.36. The molecule has 0 fully saturated rings. The Labute approximate surface area is 118 Å². The minimum atomic E-state index is -3.78. The molecule has 0 bridgehead atoms. The van der Waals surface area contributed by atoms with Gasteiger partial charge in [0.2, 0.25) is 0 Å². The lowest BCUT2D eigenvalue weighted by molar-refractivity contribution is 0.598. The van der Waals surface area contributed by atoms with Gasteiger partial charge in [0, 0.05) is 0 Å². The van der Waals surface area contributed by atoms with Crippen LogP contribution in [0.3, 0.4) is 0 Å². The van der Waals surface area contributed by atoms with Gasteiger partial charge in [0.05, 0.1) is 10.6 Å². The van der Waals surface area contributed by atoms with Crippen molar-refractivity contribution in [2.75, 3.05) is 4.72 Å². The molecule has 0 saturated carbocycles. The molecule has 0 saturated heterocycles. The molecule has 20 heavy (non-hydrogen) atoms. The van der Waals surface area contributed by atoms with Gasteiger partial charge in [0.25, 0.3) is 10.0 Å². The van der Waals surface area contributed by atoms with E-state index in [0.29, 0.717) is 0 Å². The smallest absolute Gasteiger partial charge is 0.261 e. The highest BCUT2D eigenvalue weighted by Gasteiger charge is 2.16. The highest BCUT2D eigenvalue weighted by atomic mass is 32.2. The molecule has 5 heteroatoms. The predicted molar refractivity (Wildman–Crippen MR) is 77.9 cm³/mol. The Bertz CT molecular complexity index is 754. The third kappa shape index (κ3) is 2.99. The highest BCUT2D eigenvalue weighted by molar-refractivity contribution is 7.92. The van der Waals surface area contributed by atoms with Crippen molar-refractivity contribution in [3.63, 3.8) is 0 Å². The molecule has 0 aromatic heterocycles. The molecule has 3 nitrogen and oxygen atoms in total. The third-order valence-electron chi connectivity index (χ3n) is 3.15. The van der Waals surface area contributed by atoms with E-state index in [1.165, 1.54) is 18.2 Å². The van der Waals surface area contributed by atoms with Gasteiger partial charge in [0.15, 0.2) is 0 Å². The van der Waals surface area contributed by atoms with Crippen molar-refractivity contribution < 1.29 is 12.8 Å². The summed E-state index contributed by atoms with van der Waals surface area (Å²) >= 11 is 0. The summed E-state index contributed by atoms with van der Waals surface area (Å²) in [7, 11) is -3.78. The standard InChI is InChI=1S/C15H16FNO2S/c1-10-4-7-14(16)15(8-10)17-20(18,19)13-6-5-11(2)12(3)9-13/h4-9,17H,1-3H3. The highest BCUT2D eigenvalue weighted by Crippen LogP contribution is 2.21. The Morgan fingerprint density at radius 1 is 0.950 bits per heavy atom. The summed E-state index contributed by atoms with van der Waals surface area (Å²) in [5.41, 5.74) is 2.62. The van der Waals surface area contributed by atoms with Crippen molar-refractivity contribution in [2.24, 2.45) is 0 Å². The summed E-state index contributed by atoms with van der Waals surface area (Å²) in [6.45, 7) is 5.51. The summed E-state index contributed by atoms with van der Waals surface area (Å²) in [5, 5.41) is 0. The molecule has 0 unspecified atom stereocenters. The zero-order valence-electron chi connectivity index (χ0n) is 11.6. The molecule has 2 aromatic rings. The van der Waals surface area contributed by atoms with Gasteiger partial charge in [-0.15, -0.1) is 0 Å². The van der Waals surface area contributed by atoms with Crippen LogP contribution in [-0.2, 0) is 10.0 Å². The lowest BCUT2D eigenvalue weighted by Gasteiger charge is -2.11. The molecule has 0 heterocycles. The number of halogens is 1. The molecule has 106 valence electrons. The zero-order valence-corrected chi connectivity index (χ0v) is 12.4. The largest absolute Gasteiger partial charge is 0.277 e. The van der Waals surface area contributed by atoms with Crippen LogP contribution in [-0.4, -0.2) is 8.42 Å². The molecule has 0 aliphatic rings. The first-order valence-electron chi connectivity index (χ1n) is 6.16. The molecule has 0 atom stereocenters. The van der Waals surface area contributed by atoms with E-state index in [0.717, 1.165) is 16.7 Å². The maximum atomic E-state index is 13.6. The second kappa shape index (κ2) is 5.25. The summed E-state index contributed by atoms with van der Waals surface area (Å²) in [5.74, 6) is -0.594. The molecule has 1 N–H and O–H groups in total. The Morgan fingerprint density at radius 3 is 2.30 bits per heavy atom. The van der Waals surface area contributed by atoms with Crippen LogP contribution in [0.1, 0.15) is 16.7 Å². The van der Waals surface area contributed by atoms with Crippen LogP contribution < -0.4 is 4.72 Å². The molecule has 0 amide bonds. The van der Waals surface area contributed by atoms with E-state index in [-0.39, 0.29) is 10.6 Å². The van der Waals surface area contributed by atoms with Gasteiger partial charge in [-0.2, -0.15) is 0 Å². The maximum absolute atomic E-state index is 13.6. The van der Waals surface area contributed by atoms with Gasteiger partial charge >= 0.3 is 0 Å². The van der Waals surface area contributed by atoms with Crippen LogP contribution in [0, 0.1) is 26.6 Å². The number of hydrogen-bond acceptors (Lipinski definition) is 2. The van der Waals surface area contributed by atoms with Crippen molar-refractivity contribution >= 4 is 15.7 Å². The van der Waals surface area contributed by atoms with E-state index in [1.807, 2.05) is 13.8 Å². The van der Waals surface area contributed by atoms with Gasteiger partial charge < -0.3 is 0 Å². The summed E-state index contributed by atoms with van der Waals surface area (Å²) < 4.78 is 40.4. The maximum Gasteiger partial charge on any atom is 0.261 e. The van der Waals surface area contributed by atoms with Crippen molar-refractivity contribution in [1.29, 1.82) is 0 Å². The van der Waals surface area contributed by atoms with Gasteiger partial charge in [-0.05, 0) is 61.7 Å². The fourth-order valence-corrected chi connectivity index (χ4v) is 2.94. The first kappa shape index (κ1) is 14.5. The van der Waals surface area contributed by atoms with Gasteiger partial charge in [-0.3, -0.25) is 4.72 Å². The first-order valence-corrected chi connectivity index (χ1v) is 7.64. The van der Waals surface area contributed by atoms with Crippen LogP contribution in [0.15, 0.2) is 41.3 Å². The van der Waals surface area contributed by atoms with E-state index in [4.69, 9.17) is 0 Å². The zero-order chi connectivity index (χ0) is 14.9. The van der Waals surface area contributed by atoms with Crippen LogP contribution in [0.4, 0.5) is 10.1 Å². The quantitative estimate of drug-likeness (QED) is 0.940. The fraction of sp³-hybridized carbons (Fsp3) is 0.200. The Morgan fingerprint density at radius 2 is 1.65 bits per heavy atom. The van der Waals surface area contributed by atoms with E-state index in [9.17, 15) is 12.8 Å². The molecule has 2 aromatic carbocycles. The summed E-state index contributed by atoms with van der Waals surface area (Å²) in [4.78, 5) is 0.126.